The molecule has 3 aliphatic heterocycles. The number of para-hydroxylation sites is 2. The molecule has 1 unspecified atom stereocenters. The number of carbonyl (C=O) groups excluding carboxylic acids is 2. The molecule has 7 nitrogen and oxygen atoms in total. The van der Waals surface area contributed by atoms with Crippen LogP contribution in [0.15, 0.2) is 72.8 Å². The summed E-state index contributed by atoms with van der Waals surface area (Å²) in [5, 5.41) is 0. The first-order valence-corrected chi connectivity index (χ1v) is 14.3. The molecule has 2 amide bonds. The molecule has 202 valence electrons. The lowest BCUT2D eigenvalue weighted by Gasteiger charge is -2.38. The molecular weight excluding hydrogens is 515 g/mol. The summed E-state index contributed by atoms with van der Waals surface area (Å²) in [7, 11) is 0. The van der Waals surface area contributed by atoms with Crippen LogP contribution in [0.1, 0.15) is 18.9 Å². The van der Waals surface area contributed by atoms with Gasteiger partial charge in [-0.05, 0) is 48.9 Å². The normalized spacial score (nSPS) is 21.2. The van der Waals surface area contributed by atoms with Crippen molar-refractivity contribution in [3.05, 3.63) is 84.2 Å². The molecule has 9 heteroatoms. The van der Waals surface area contributed by atoms with Gasteiger partial charge in [0.05, 0.1) is 30.4 Å². The Morgan fingerprint density at radius 3 is 2.31 bits per heavy atom. The number of hydrogen-bond acceptors (Lipinski definition) is 6. The Kier molecular flexibility index (Phi) is 6.95. The SMILES string of the molecule is CCCOc1ccc(N2C(=O)CSC23C(=O)N(CN2CCN(c4ccccc4F)CC2)c2ccccc23)cc1. The molecular formula is C30H31FN4O3S. The summed E-state index contributed by atoms with van der Waals surface area (Å²) in [5.74, 6) is 0.546. The van der Waals surface area contributed by atoms with Crippen LogP contribution in [0.3, 0.4) is 0 Å². The molecule has 0 radical (unpaired) electrons. The monoisotopic (exact) mass is 546 g/mol. The highest BCUT2D eigenvalue weighted by Gasteiger charge is 2.61. The average molecular weight is 547 g/mol. The van der Waals surface area contributed by atoms with E-state index in [1.54, 1.807) is 17.0 Å². The molecule has 2 fully saturated rings. The first-order valence-electron chi connectivity index (χ1n) is 13.4. The fraction of sp³-hybridized carbons (Fsp3) is 0.333. The van der Waals surface area contributed by atoms with E-state index in [1.165, 1.54) is 17.8 Å². The average Bonchev–Trinajstić information content (AvgIpc) is 3.43. The van der Waals surface area contributed by atoms with Crippen molar-refractivity contribution in [2.24, 2.45) is 0 Å². The third-order valence-electron chi connectivity index (χ3n) is 7.54. The van der Waals surface area contributed by atoms with Gasteiger partial charge in [-0.2, -0.15) is 0 Å². The molecule has 6 rings (SSSR count). The van der Waals surface area contributed by atoms with E-state index in [1.807, 2.05) is 64.4 Å². The predicted molar refractivity (Wildman–Crippen MR) is 153 cm³/mol. The molecule has 3 aromatic carbocycles. The number of anilines is 3. The van der Waals surface area contributed by atoms with Crippen LogP contribution in [-0.4, -0.2) is 61.9 Å². The van der Waals surface area contributed by atoms with Crippen molar-refractivity contribution in [3.63, 3.8) is 0 Å². The summed E-state index contributed by atoms with van der Waals surface area (Å²) >= 11 is 1.38. The largest absolute Gasteiger partial charge is 0.494 e. The van der Waals surface area contributed by atoms with Crippen molar-refractivity contribution in [1.29, 1.82) is 0 Å². The number of benzene rings is 3. The highest BCUT2D eigenvalue weighted by atomic mass is 32.2. The van der Waals surface area contributed by atoms with E-state index in [0.717, 1.165) is 23.4 Å². The quantitative estimate of drug-likeness (QED) is 0.429. The minimum atomic E-state index is -1.14. The Labute approximate surface area is 232 Å². The van der Waals surface area contributed by atoms with Crippen molar-refractivity contribution in [1.82, 2.24) is 4.90 Å². The molecule has 1 spiro atoms. The molecule has 39 heavy (non-hydrogen) atoms. The topological polar surface area (TPSA) is 56.3 Å². The van der Waals surface area contributed by atoms with Crippen LogP contribution < -0.4 is 19.4 Å². The Bertz CT molecular complexity index is 1380. The van der Waals surface area contributed by atoms with Crippen LogP contribution in [0, 0.1) is 5.82 Å². The smallest absolute Gasteiger partial charge is 0.269 e. The van der Waals surface area contributed by atoms with Gasteiger partial charge in [0, 0.05) is 37.4 Å². The van der Waals surface area contributed by atoms with E-state index in [9.17, 15) is 14.0 Å². The fourth-order valence-electron chi connectivity index (χ4n) is 5.65. The van der Waals surface area contributed by atoms with Gasteiger partial charge in [0.1, 0.15) is 11.6 Å². The van der Waals surface area contributed by atoms with Gasteiger partial charge < -0.3 is 9.64 Å². The van der Waals surface area contributed by atoms with Crippen LogP contribution in [0.25, 0.3) is 0 Å². The Morgan fingerprint density at radius 1 is 0.897 bits per heavy atom. The highest BCUT2D eigenvalue weighted by molar-refractivity contribution is 8.02. The number of carbonyl (C=O) groups is 2. The van der Waals surface area contributed by atoms with Crippen molar-refractivity contribution in [3.8, 4) is 5.75 Å². The minimum Gasteiger partial charge on any atom is -0.494 e. The van der Waals surface area contributed by atoms with Crippen LogP contribution in [0.2, 0.25) is 0 Å². The van der Waals surface area contributed by atoms with Gasteiger partial charge in [-0.1, -0.05) is 37.3 Å². The van der Waals surface area contributed by atoms with Crippen molar-refractivity contribution in [2.45, 2.75) is 18.2 Å². The van der Waals surface area contributed by atoms with E-state index in [0.29, 0.717) is 50.8 Å². The van der Waals surface area contributed by atoms with Crippen LogP contribution in [0.5, 0.6) is 5.75 Å². The van der Waals surface area contributed by atoms with Crippen LogP contribution >= 0.6 is 11.8 Å². The van der Waals surface area contributed by atoms with Crippen LogP contribution in [0.4, 0.5) is 21.5 Å². The van der Waals surface area contributed by atoms with Gasteiger partial charge in [-0.25, -0.2) is 4.39 Å². The Hall–Kier alpha value is -3.56. The minimum absolute atomic E-state index is 0.0919. The molecule has 0 saturated carbocycles. The molecule has 0 bridgehead atoms. The molecule has 0 aliphatic carbocycles. The first kappa shape index (κ1) is 25.7. The van der Waals surface area contributed by atoms with Gasteiger partial charge >= 0.3 is 0 Å². The van der Waals surface area contributed by atoms with Crippen molar-refractivity contribution < 1.29 is 18.7 Å². The molecule has 3 heterocycles. The van der Waals surface area contributed by atoms with E-state index in [2.05, 4.69) is 11.8 Å². The van der Waals surface area contributed by atoms with Crippen molar-refractivity contribution in [2.75, 3.05) is 59.9 Å². The summed E-state index contributed by atoms with van der Waals surface area (Å²) in [4.78, 5) is 34.2. The molecule has 3 aliphatic rings. The number of rotatable bonds is 7. The van der Waals surface area contributed by atoms with Crippen LogP contribution in [-0.2, 0) is 14.5 Å². The summed E-state index contributed by atoms with van der Waals surface area (Å²) < 4.78 is 20.0. The molecule has 2 saturated heterocycles. The fourth-order valence-corrected chi connectivity index (χ4v) is 7.01. The van der Waals surface area contributed by atoms with Gasteiger partial charge in [0.25, 0.3) is 5.91 Å². The zero-order valence-electron chi connectivity index (χ0n) is 21.9. The highest BCUT2D eigenvalue weighted by Crippen LogP contribution is 2.55. The zero-order valence-corrected chi connectivity index (χ0v) is 22.7. The molecule has 0 N–H and O–H groups in total. The standard InChI is InChI=1S/C30H31FN4O3S/c1-2-19-38-23-13-11-22(12-14-23)35-28(36)20-39-30(35)24-7-3-5-9-26(24)34(29(30)37)21-32-15-17-33(18-16-32)27-10-6-4-8-25(27)31/h3-14H,2,15-21H2,1H3. The summed E-state index contributed by atoms with van der Waals surface area (Å²) in [6.07, 6.45) is 0.908. The number of fused-ring (bicyclic) bond motifs is 2. The third kappa shape index (κ3) is 4.43. The predicted octanol–water partition coefficient (Wildman–Crippen LogP) is 4.67. The number of hydrogen-bond donors (Lipinski definition) is 0. The Morgan fingerprint density at radius 2 is 1.59 bits per heavy atom. The molecule has 0 aromatic heterocycles. The maximum absolute atomic E-state index is 14.3. The summed E-state index contributed by atoms with van der Waals surface area (Å²) in [6.45, 7) is 5.82. The first-order chi connectivity index (χ1) is 19.0. The summed E-state index contributed by atoms with van der Waals surface area (Å²) in [6, 6.07) is 22.0. The van der Waals surface area contributed by atoms with E-state index in [-0.39, 0.29) is 23.4 Å². The third-order valence-corrected chi connectivity index (χ3v) is 8.92. The molecule has 3 aromatic rings. The summed E-state index contributed by atoms with van der Waals surface area (Å²) in [5.41, 5.74) is 2.95. The second kappa shape index (κ2) is 10.5. The van der Waals surface area contributed by atoms with E-state index in [4.69, 9.17) is 4.74 Å². The number of nitrogens with zero attached hydrogens (tertiary/aromatic N) is 4. The maximum Gasteiger partial charge on any atom is 0.269 e. The van der Waals surface area contributed by atoms with E-state index < -0.39 is 4.87 Å². The lowest BCUT2D eigenvalue weighted by Crippen LogP contribution is -2.54. The maximum atomic E-state index is 14.3. The molecule has 1 atom stereocenters. The Balaban J connectivity index is 1.25. The van der Waals surface area contributed by atoms with Crippen molar-refractivity contribution >= 4 is 40.6 Å². The number of thioether (sulfide) groups is 1. The lowest BCUT2D eigenvalue weighted by atomic mass is 10.0. The number of amides is 2. The van der Waals surface area contributed by atoms with Gasteiger partial charge in [0.2, 0.25) is 10.8 Å². The van der Waals surface area contributed by atoms with Gasteiger partial charge in [-0.15, -0.1) is 11.8 Å². The number of ether oxygens (including phenoxy) is 1. The van der Waals surface area contributed by atoms with Gasteiger partial charge in [-0.3, -0.25) is 24.3 Å². The number of piperazine rings is 1. The zero-order chi connectivity index (χ0) is 27.0. The lowest BCUT2D eigenvalue weighted by molar-refractivity contribution is -0.124. The van der Waals surface area contributed by atoms with Gasteiger partial charge in [0.15, 0.2) is 0 Å². The second-order valence-electron chi connectivity index (χ2n) is 9.95. The second-order valence-corrected chi connectivity index (χ2v) is 11.1. The number of halogens is 1. The van der Waals surface area contributed by atoms with E-state index >= 15 is 0 Å².